The van der Waals surface area contributed by atoms with Crippen molar-refractivity contribution >= 4 is 5.69 Å². The van der Waals surface area contributed by atoms with Crippen LogP contribution in [0.25, 0.3) is 0 Å². The first kappa shape index (κ1) is 9.67. The van der Waals surface area contributed by atoms with Crippen LogP contribution >= 0.6 is 0 Å². The van der Waals surface area contributed by atoms with Crippen molar-refractivity contribution < 1.29 is 0 Å². The summed E-state index contributed by atoms with van der Waals surface area (Å²) in [4.78, 5) is 2.13. The van der Waals surface area contributed by atoms with Crippen molar-refractivity contribution in [3.05, 3.63) is 29.8 Å². The fourth-order valence-corrected chi connectivity index (χ4v) is 1.09. The van der Waals surface area contributed by atoms with Gasteiger partial charge in [-0.15, -0.1) is 5.92 Å². The summed E-state index contributed by atoms with van der Waals surface area (Å²) in [6.07, 6.45) is 0. The van der Waals surface area contributed by atoms with E-state index in [1.807, 2.05) is 6.92 Å². The standard InChI is InChI=1S/C12H15N/c1-4-5-10-13(3)12-8-6-11(2)7-9-12/h6-9H,10H2,1-3H3. The largest absolute Gasteiger partial charge is 0.363 e. The molecule has 0 bridgehead atoms. The molecule has 0 aliphatic heterocycles. The van der Waals surface area contributed by atoms with Crippen molar-refractivity contribution in [1.82, 2.24) is 0 Å². The molecule has 1 aromatic carbocycles. The van der Waals surface area contributed by atoms with Gasteiger partial charge in [0.15, 0.2) is 0 Å². The van der Waals surface area contributed by atoms with E-state index in [0.29, 0.717) is 0 Å². The molecule has 1 rings (SSSR count). The van der Waals surface area contributed by atoms with Gasteiger partial charge in [0, 0.05) is 12.7 Å². The Morgan fingerprint density at radius 2 is 1.85 bits per heavy atom. The highest BCUT2D eigenvalue weighted by molar-refractivity contribution is 5.47. The van der Waals surface area contributed by atoms with Crippen LogP contribution in [0, 0.1) is 18.8 Å². The second-order valence-electron chi connectivity index (χ2n) is 3.12. The maximum Gasteiger partial charge on any atom is 0.0791 e. The number of aryl methyl sites for hydroxylation is 1. The lowest BCUT2D eigenvalue weighted by Crippen LogP contribution is -2.16. The molecule has 0 N–H and O–H groups in total. The number of rotatable bonds is 2. The number of nitrogens with zero attached hydrogens (tertiary/aromatic N) is 1. The molecule has 0 aliphatic carbocycles. The molecule has 0 fully saturated rings. The van der Waals surface area contributed by atoms with Gasteiger partial charge in [-0.05, 0) is 26.0 Å². The number of hydrogen-bond acceptors (Lipinski definition) is 1. The lowest BCUT2D eigenvalue weighted by atomic mass is 10.2. The fourth-order valence-electron chi connectivity index (χ4n) is 1.09. The van der Waals surface area contributed by atoms with Crippen LogP contribution in [-0.2, 0) is 0 Å². The molecule has 0 unspecified atom stereocenters. The highest BCUT2D eigenvalue weighted by Gasteiger charge is 1.96. The van der Waals surface area contributed by atoms with E-state index in [-0.39, 0.29) is 0 Å². The lowest BCUT2D eigenvalue weighted by Gasteiger charge is -2.15. The summed E-state index contributed by atoms with van der Waals surface area (Å²) < 4.78 is 0. The Labute approximate surface area is 80.4 Å². The third-order valence-corrected chi connectivity index (χ3v) is 1.97. The molecule has 0 spiro atoms. The lowest BCUT2D eigenvalue weighted by molar-refractivity contribution is 1.05. The van der Waals surface area contributed by atoms with Crippen molar-refractivity contribution in [2.24, 2.45) is 0 Å². The smallest absolute Gasteiger partial charge is 0.0791 e. The van der Waals surface area contributed by atoms with Crippen molar-refractivity contribution in [3.63, 3.8) is 0 Å². The molecule has 68 valence electrons. The van der Waals surface area contributed by atoms with Crippen LogP contribution in [0.3, 0.4) is 0 Å². The Hall–Kier alpha value is -1.42. The van der Waals surface area contributed by atoms with E-state index in [4.69, 9.17) is 0 Å². The van der Waals surface area contributed by atoms with Crippen LogP contribution in [-0.4, -0.2) is 13.6 Å². The first-order valence-electron chi connectivity index (χ1n) is 4.41. The third kappa shape index (κ3) is 2.83. The van der Waals surface area contributed by atoms with E-state index in [2.05, 4.69) is 55.0 Å². The summed E-state index contributed by atoms with van der Waals surface area (Å²) in [5.41, 5.74) is 2.51. The van der Waals surface area contributed by atoms with E-state index >= 15 is 0 Å². The minimum absolute atomic E-state index is 0.791. The van der Waals surface area contributed by atoms with Crippen LogP contribution < -0.4 is 4.90 Å². The Morgan fingerprint density at radius 3 is 2.38 bits per heavy atom. The molecular weight excluding hydrogens is 158 g/mol. The zero-order valence-electron chi connectivity index (χ0n) is 8.46. The molecule has 0 amide bonds. The number of anilines is 1. The van der Waals surface area contributed by atoms with Gasteiger partial charge in [0.25, 0.3) is 0 Å². The van der Waals surface area contributed by atoms with Gasteiger partial charge < -0.3 is 4.90 Å². The monoisotopic (exact) mass is 173 g/mol. The van der Waals surface area contributed by atoms with Crippen molar-refractivity contribution in [2.75, 3.05) is 18.5 Å². The van der Waals surface area contributed by atoms with Gasteiger partial charge in [-0.1, -0.05) is 23.6 Å². The highest BCUT2D eigenvalue weighted by atomic mass is 15.1. The highest BCUT2D eigenvalue weighted by Crippen LogP contribution is 2.12. The Bertz CT molecular complexity index is 313. The van der Waals surface area contributed by atoms with Crippen LogP contribution in [0.15, 0.2) is 24.3 Å². The minimum Gasteiger partial charge on any atom is -0.363 e. The molecule has 0 aromatic heterocycles. The molecule has 0 saturated heterocycles. The van der Waals surface area contributed by atoms with Gasteiger partial charge >= 0.3 is 0 Å². The normalized spacial score (nSPS) is 8.85. The van der Waals surface area contributed by atoms with E-state index < -0.39 is 0 Å². The molecule has 13 heavy (non-hydrogen) atoms. The minimum atomic E-state index is 0.791. The summed E-state index contributed by atoms with van der Waals surface area (Å²) in [6, 6.07) is 8.47. The summed E-state index contributed by atoms with van der Waals surface area (Å²) in [5.74, 6) is 5.93. The van der Waals surface area contributed by atoms with Gasteiger partial charge in [-0.3, -0.25) is 0 Å². The first-order chi connectivity index (χ1) is 6.24. The molecule has 1 heteroatoms. The fraction of sp³-hybridized carbons (Fsp3) is 0.333. The maximum absolute atomic E-state index is 3.04. The first-order valence-corrected chi connectivity index (χ1v) is 4.41. The van der Waals surface area contributed by atoms with Gasteiger partial charge in [-0.25, -0.2) is 0 Å². The van der Waals surface area contributed by atoms with Crippen LogP contribution in [0.4, 0.5) is 5.69 Å². The average molecular weight is 173 g/mol. The summed E-state index contributed by atoms with van der Waals surface area (Å²) >= 11 is 0. The van der Waals surface area contributed by atoms with Crippen molar-refractivity contribution in [1.29, 1.82) is 0 Å². The zero-order valence-corrected chi connectivity index (χ0v) is 8.46. The average Bonchev–Trinajstić information content (AvgIpc) is 2.15. The molecule has 0 aliphatic rings. The molecular formula is C12H15N. The van der Waals surface area contributed by atoms with E-state index in [1.54, 1.807) is 0 Å². The molecule has 1 nitrogen and oxygen atoms in total. The molecule has 0 atom stereocenters. The van der Waals surface area contributed by atoms with E-state index in [0.717, 1.165) is 6.54 Å². The third-order valence-electron chi connectivity index (χ3n) is 1.97. The predicted molar refractivity (Wildman–Crippen MR) is 57.9 cm³/mol. The summed E-state index contributed by atoms with van der Waals surface area (Å²) in [7, 11) is 2.05. The summed E-state index contributed by atoms with van der Waals surface area (Å²) in [6.45, 7) is 4.75. The van der Waals surface area contributed by atoms with Crippen LogP contribution in [0.2, 0.25) is 0 Å². The van der Waals surface area contributed by atoms with E-state index in [1.165, 1.54) is 11.3 Å². The Balaban J connectivity index is 2.69. The topological polar surface area (TPSA) is 3.24 Å². The van der Waals surface area contributed by atoms with Gasteiger partial charge in [0.05, 0.1) is 6.54 Å². The molecule has 0 heterocycles. The second-order valence-corrected chi connectivity index (χ2v) is 3.12. The maximum atomic E-state index is 3.04. The van der Waals surface area contributed by atoms with Crippen LogP contribution in [0.5, 0.6) is 0 Å². The molecule has 0 saturated carbocycles. The summed E-state index contributed by atoms with van der Waals surface area (Å²) in [5, 5.41) is 0. The predicted octanol–water partition coefficient (Wildman–Crippen LogP) is 2.45. The SMILES string of the molecule is CC#CCN(C)c1ccc(C)cc1. The van der Waals surface area contributed by atoms with Gasteiger partial charge in [0.2, 0.25) is 0 Å². The van der Waals surface area contributed by atoms with Crippen molar-refractivity contribution in [2.45, 2.75) is 13.8 Å². The number of benzene rings is 1. The number of hydrogen-bond donors (Lipinski definition) is 0. The van der Waals surface area contributed by atoms with Gasteiger partial charge in [-0.2, -0.15) is 0 Å². The Morgan fingerprint density at radius 1 is 1.23 bits per heavy atom. The Kier molecular flexibility index (Phi) is 3.40. The quantitative estimate of drug-likeness (QED) is 0.621. The second kappa shape index (κ2) is 4.57. The van der Waals surface area contributed by atoms with E-state index in [9.17, 15) is 0 Å². The van der Waals surface area contributed by atoms with Crippen LogP contribution in [0.1, 0.15) is 12.5 Å². The zero-order chi connectivity index (χ0) is 9.68. The molecule has 0 radical (unpaired) electrons. The molecule has 1 aromatic rings. The van der Waals surface area contributed by atoms with Crippen molar-refractivity contribution in [3.8, 4) is 11.8 Å². The van der Waals surface area contributed by atoms with Gasteiger partial charge in [0.1, 0.15) is 0 Å².